The standard InChI is InChI=1S/C16H15FN2O2/c1-10-14(8-9-15(20)21-3)16(19-11(2)18-10)12-4-6-13(17)7-5-12/h4-9H,1-3H3. The van der Waals surface area contributed by atoms with Gasteiger partial charge in [-0.25, -0.2) is 19.2 Å². The van der Waals surface area contributed by atoms with E-state index in [9.17, 15) is 9.18 Å². The molecular weight excluding hydrogens is 271 g/mol. The molecule has 0 bridgehead atoms. The maximum absolute atomic E-state index is 13.1. The van der Waals surface area contributed by atoms with Crippen molar-refractivity contribution in [3.05, 3.63) is 53.2 Å². The monoisotopic (exact) mass is 286 g/mol. The van der Waals surface area contributed by atoms with Crippen LogP contribution in [-0.4, -0.2) is 23.0 Å². The number of halogens is 1. The van der Waals surface area contributed by atoms with Crippen molar-refractivity contribution in [1.29, 1.82) is 0 Å². The molecule has 4 nitrogen and oxygen atoms in total. The van der Waals surface area contributed by atoms with Crippen LogP contribution in [0.25, 0.3) is 17.3 Å². The van der Waals surface area contributed by atoms with Gasteiger partial charge in [-0.15, -0.1) is 0 Å². The van der Waals surface area contributed by atoms with E-state index >= 15 is 0 Å². The van der Waals surface area contributed by atoms with Crippen LogP contribution in [0.4, 0.5) is 4.39 Å². The Labute approximate surface area is 122 Å². The summed E-state index contributed by atoms with van der Waals surface area (Å²) >= 11 is 0. The Kier molecular flexibility index (Phi) is 4.42. The summed E-state index contributed by atoms with van der Waals surface area (Å²) in [7, 11) is 1.31. The Balaban J connectivity index is 2.55. The summed E-state index contributed by atoms with van der Waals surface area (Å²) in [6.45, 7) is 3.62. The van der Waals surface area contributed by atoms with Gasteiger partial charge in [0.15, 0.2) is 0 Å². The number of carbonyl (C=O) groups is 1. The van der Waals surface area contributed by atoms with Crippen molar-refractivity contribution in [1.82, 2.24) is 9.97 Å². The second kappa shape index (κ2) is 6.26. The Morgan fingerprint density at radius 2 is 1.86 bits per heavy atom. The second-order valence-electron chi connectivity index (χ2n) is 4.48. The molecule has 1 aromatic heterocycles. The number of aryl methyl sites for hydroxylation is 2. The number of hydrogen-bond acceptors (Lipinski definition) is 4. The van der Waals surface area contributed by atoms with Gasteiger partial charge in [-0.05, 0) is 44.2 Å². The third-order valence-electron chi connectivity index (χ3n) is 2.95. The number of ether oxygens (including phenoxy) is 1. The van der Waals surface area contributed by atoms with Gasteiger partial charge >= 0.3 is 5.97 Å². The number of esters is 1. The molecule has 0 spiro atoms. The number of benzene rings is 1. The van der Waals surface area contributed by atoms with Crippen molar-refractivity contribution in [2.24, 2.45) is 0 Å². The summed E-state index contributed by atoms with van der Waals surface area (Å²) in [6.07, 6.45) is 2.92. The Morgan fingerprint density at radius 3 is 2.48 bits per heavy atom. The minimum Gasteiger partial charge on any atom is -0.466 e. The van der Waals surface area contributed by atoms with Crippen molar-refractivity contribution in [3.63, 3.8) is 0 Å². The highest BCUT2D eigenvalue weighted by atomic mass is 19.1. The van der Waals surface area contributed by atoms with Crippen LogP contribution in [-0.2, 0) is 9.53 Å². The first kappa shape index (κ1) is 14.8. The van der Waals surface area contributed by atoms with Crippen LogP contribution in [0.3, 0.4) is 0 Å². The van der Waals surface area contributed by atoms with Crippen LogP contribution in [0, 0.1) is 19.7 Å². The molecule has 0 atom stereocenters. The number of rotatable bonds is 3. The molecule has 2 aromatic rings. The first-order chi connectivity index (χ1) is 10.0. The zero-order valence-electron chi connectivity index (χ0n) is 12.1. The summed E-state index contributed by atoms with van der Waals surface area (Å²) in [6, 6.07) is 6.03. The molecule has 0 saturated heterocycles. The average Bonchev–Trinajstić information content (AvgIpc) is 2.46. The van der Waals surface area contributed by atoms with Crippen LogP contribution in [0.1, 0.15) is 17.1 Å². The van der Waals surface area contributed by atoms with Crippen LogP contribution in [0.2, 0.25) is 0 Å². The van der Waals surface area contributed by atoms with E-state index in [1.54, 1.807) is 25.1 Å². The SMILES string of the molecule is COC(=O)C=Cc1c(C)nc(C)nc1-c1ccc(F)cc1. The van der Waals surface area contributed by atoms with Crippen molar-refractivity contribution in [2.75, 3.05) is 7.11 Å². The molecule has 0 unspecified atom stereocenters. The number of nitrogens with zero attached hydrogens (tertiary/aromatic N) is 2. The van der Waals surface area contributed by atoms with E-state index in [0.29, 0.717) is 17.1 Å². The topological polar surface area (TPSA) is 52.1 Å². The van der Waals surface area contributed by atoms with Crippen LogP contribution in [0.5, 0.6) is 0 Å². The summed E-state index contributed by atoms with van der Waals surface area (Å²) in [4.78, 5) is 19.9. The largest absolute Gasteiger partial charge is 0.466 e. The summed E-state index contributed by atoms with van der Waals surface area (Å²) in [5, 5.41) is 0. The third kappa shape index (κ3) is 3.51. The molecule has 0 saturated carbocycles. The molecule has 0 fully saturated rings. The van der Waals surface area contributed by atoms with Gasteiger partial charge in [-0.2, -0.15) is 0 Å². The molecule has 2 rings (SSSR count). The lowest BCUT2D eigenvalue weighted by Crippen LogP contribution is -2.00. The lowest BCUT2D eigenvalue weighted by molar-refractivity contribution is -0.134. The molecule has 0 amide bonds. The molecule has 0 aliphatic carbocycles. The molecule has 108 valence electrons. The lowest BCUT2D eigenvalue weighted by atomic mass is 10.0. The maximum Gasteiger partial charge on any atom is 0.330 e. The van der Waals surface area contributed by atoms with Gasteiger partial charge in [0.2, 0.25) is 0 Å². The summed E-state index contributed by atoms with van der Waals surface area (Å²) in [5.74, 6) is -0.157. The first-order valence-corrected chi connectivity index (χ1v) is 6.38. The molecule has 1 heterocycles. The maximum atomic E-state index is 13.1. The van der Waals surface area contributed by atoms with Crippen LogP contribution in [0.15, 0.2) is 30.3 Å². The fourth-order valence-corrected chi connectivity index (χ4v) is 1.97. The van der Waals surface area contributed by atoms with Gasteiger partial charge in [0.05, 0.1) is 12.8 Å². The van der Waals surface area contributed by atoms with Gasteiger partial charge < -0.3 is 4.74 Å². The molecule has 5 heteroatoms. The van der Waals surface area contributed by atoms with Gasteiger partial charge in [0.1, 0.15) is 11.6 Å². The number of hydrogen-bond donors (Lipinski definition) is 0. The third-order valence-corrected chi connectivity index (χ3v) is 2.95. The molecule has 21 heavy (non-hydrogen) atoms. The number of aromatic nitrogens is 2. The molecule has 0 aliphatic heterocycles. The van der Waals surface area contributed by atoms with Crippen molar-refractivity contribution >= 4 is 12.0 Å². The van der Waals surface area contributed by atoms with Crippen molar-refractivity contribution in [3.8, 4) is 11.3 Å². The number of carbonyl (C=O) groups excluding carboxylic acids is 1. The Morgan fingerprint density at radius 1 is 1.19 bits per heavy atom. The Bertz CT molecular complexity index is 694. The van der Waals surface area contributed by atoms with Gasteiger partial charge in [0.25, 0.3) is 0 Å². The molecular formula is C16H15FN2O2. The highest BCUT2D eigenvalue weighted by Crippen LogP contribution is 2.25. The van der Waals surface area contributed by atoms with E-state index in [1.165, 1.54) is 25.3 Å². The zero-order chi connectivity index (χ0) is 15.4. The van der Waals surface area contributed by atoms with E-state index in [2.05, 4.69) is 14.7 Å². The zero-order valence-corrected chi connectivity index (χ0v) is 12.1. The van der Waals surface area contributed by atoms with E-state index in [0.717, 1.165) is 11.3 Å². The molecule has 0 aliphatic rings. The van der Waals surface area contributed by atoms with E-state index in [1.807, 2.05) is 6.92 Å². The predicted octanol–water partition coefficient (Wildman–Crippen LogP) is 3.09. The highest BCUT2D eigenvalue weighted by Gasteiger charge is 2.10. The van der Waals surface area contributed by atoms with Gasteiger partial charge in [-0.1, -0.05) is 0 Å². The average molecular weight is 286 g/mol. The number of methoxy groups -OCH3 is 1. The van der Waals surface area contributed by atoms with Gasteiger partial charge in [0, 0.05) is 22.9 Å². The van der Waals surface area contributed by atoms with Crippen molar-refractivity contribution < 1.29 is 13.9 Å². The predicted molar refractivity (Wildman–Crippen MR) is 78.0 cm³/mol. The van der Waals surface area contributed by atoms with Gasteiger partial charge in [-0.3, -0.25) is 0 Å². The van der Waals surface area contributed by atoms with E-state index < -0.39 is 5.97 Å². The summed E-state index contributed by atoms with van der Waals surface area (Å²) < 4.78 is 17.6. The van der Waals surface area contributed by atoms with E-state index in [-0.39, 0.29) is 5.82 Å². The first-order valence-electron chi connectivity index (χ1n) is 6.38. The minimum atomic E-state index is -0.458. The van der Waals surface area contributed by atoms with Crippen molar-refractivity contribution in [2.45, 2.75) is 13.8 Å². The summed E-state index contributed by atoms with van der Waals surface area (Å²) in [5.41, 5.74) is 2.86. The van der Waals surface area contributed by atoms with Crippen LogP contribution < -0.4 is 0 Å². The fourth-order valence-electron chi connectivity index (χ4n) is 1.97. The van der Waals surface area contributed by atoms with E-state index in [4.69, 9.17) is 0 Å². The molecule has 1 aromatic carbocycles. The normalized spacial score (nSPS) is 10.9. The fraction of sp³-hybridized carbons (Fsp3) is 0.188. The molecule has 0 N–H and O–H groups in total. The smallest absolute Gasteiger partial charge is 0.330 e. The highest BCUT2D eigenvalue weighted by molar-refractivity contribution is 5.89. The van der Waals surface area contributed by atoms with Crippen LogP contribution >= 0.6 is 0 Å². The lowest BCUT2D eigenvalue weighted by Gasteiger charge is -2.09. The quantitative estimate of drug-likeness (QED) is 0.642. The second-order valence-corrected chi connectivity index (χ2v) is 4.48. The minimum absolute atomic E-state index is 0.312. The Hall–Kier alpha value is -2.56. The molecule has 0 radical (unpaired) electrons.